The van der Waals surface area contributed by atoms with E-state index in [2.05, 4.69) is 238 Å². The summed E-state index contributed by atoms with van der Waals surface area (Å²) in [5.74, 6) is 0. The lowest BCUT2D eigenvalue weighted by atomic mass is 10.0. The Labute approximate surface area is 372 Å². The molecule has 0 aliphatic rings. The summed E-state index contributed by atoms with van der Waals surface area (Å²) >= 11 is 1.87. The third-order valence-electron chi connectivity index (χ3n) is 13.4. The van der Waals surface area contributed by atoms with Gasteiger partial charge in [-0.05, 0) is 125 Å². The van der Waals surface area contributed by atoms with E-state index in [1.165, 1.54) is 114 Å². The van der Waals surface area contributed by atoms with Crippen molar-refractivity contribution < 1.29 is 0 Å². The van der Waals surface area contributed by atoms with Gasteiger partial charge in [0.05, 0.1) is 33.1 Å². The summed E-state index contributed by atoms with van der Waals surface area (Å²) in [6, 6.07) is 82.7. The molecule has 0 amide bonds. The molecule has 64 heavy (non-hydrogen) atoms. The molecule has 0 bridgehead atoms. The Morgan fingerprint density at radius 1 is 0.219 bits per heavy atom. The fourth-order valence-corrected chi connectivity index (χ4v) is 11.6. The molecule has 4 heteroatoms. The first-order valence-electron chi connectivity index (χ1n) is 21.9. The molecule has 0 atom stereocenters. The van der Waals surface area contributed by atoms with Crippen LogP contribution in [0.25, 0.3) is 125 Å². The predicted molar refractivity (Wildman–Crippen MR) is 273 cm³/mol. The van der Waals surface area contributed by atoms with Gasteiger partial charge < -0.3 is 13.7 Å². The van der Waals surface area contributed by atoms with Crippen LogP contribution in [0.2, 0.25) is 0 Å². The Kier molecular flexibility index (Phi) is 7.56. The van der Waals surface area contributed by atoms with Gasteiger partial charge in [0.2, 0.25) is 0 Å². The monoisotopic (exact) mass is 831 g/mol. The van der Waals surface area contributed by atoms with Crippen molar-refractivity contribution in [3.8, 4) is 39.3 Å². The van der Waals surface area contributed by atoms with E-state index >= 15 is 0 Å². The number of para-hydroxylation sites is 4. The van der Waals surface area contributed by atoms with E-state index in [1.807, 2.05) is 11.3 Å². The maximum Gasteiger partial charge on any atom is 0.0541 e. The molecule has 0 radical (unpaired) electrons. The molecule has 0 saturated carbocycles. The molecule has 14 aromatic rings. The van der Waals surface area contributed by atoms with E-state index in [4.69, 9.17) is 0 Å². The van der Waals surface area contributed by atoms with E-state index in [-0.39, 0.29) is 0 Å². The van der Waals surface area contributed by atoms with Crippen molar-refractivity contribution in [1.29, 1.82) is 0 Å². The normalized spacial score (nSPS) is 12.1. The molecule has 0 saturated heterocycles. The van der Waals surface area contributed by atoms with Crippen LogP contribution < -0.4 is 0 Å². The minimum absolute atomic E-state index is 1.13. The zero-order valence-corrected chi connectivity index (χ0v) is 35.4. The summed E-state index contributed by atoms with van der Waals surface area (Å²) < 4.78 is 9.91. The molecule has 3 nitrogen and oxygen atoms in total. The summed E-state index contributed by atoms with van der Waals surface area (Å²) in [6.45, 7) is 0. The minimum atomic E-state index is 1.13. The lowest BCUT2D eigenvalue weighted by molar-refractivity contribution is 1.13. The van der Waals surface area contributed by atoms with E-state index in [1.54, 1.807) is 0 Å². The van der Waals surface area contributed by atoms with Crippen molar-refractivity contribution in [2.24, 2.45) is 0 Å². The highest BCUT2D eigenvalue weighted by atomic mass is 32.1. The Balaban J connectivity index is 0.895. The van der Waals surface area contributed by atoms with Crippen LogP contribution in [0.3, 0.4) is 0 Å². The Hall–Kier alpha value is -8.18. The first-order valence-corrected chi connectivity index (χ1v) is 22.7. The summed E-state index contributed by atoms with van der Waals surface area (Å²) in [4.78, 5) is 0. The molecule has 298 valence electrons. The van der Waals surface area contributed by atoms with Gasteiger partial charge in [0.1, 0.15) is 0 Å². The predicted octanol–water partition coefficient (Wildman–Crippen LogP) is 16.7. The largest absolute Gasteiger partial charge is 0.309 e. The van der Waals surface area contributed by atoms with Gasteiger partial charge in [-0.25, -0.2) is 0 Å². The van der Waals surface area contributed by atoms with Crippen LogP contribution in [-0.4, -0.2) is 13.7 Å². The summed E-state index contributed by atoms with van der Waals surface area (Å²) in [7, 11) is 0. The Morgan fingerprint density at radius 2 is 0.578 bits per heavy atom. The summed E-state index contributed by atoms with van der Waals surface area (Å²) in [6.07, 6.45) is 0. The Bertz CT molecular complexity index is 4200. The number of thiophene rings is 1. The fourth-order valence-electron chi connectivity index (χ4n) is 10.5. The quantitative estimate of drug-likeness (QED) is 0.164. The molecule has 0 aliphatic carbocycles. The third-order valence-corrected chi connectivity index (χ3v) is 14.6. The molecule has 4 aromatic heterocycles. The number of hydrogen-bond donors (Lipinski definition) is 0. The van der Waals surface area contributed by atoms with Gasteiger partial charge >= 0.3 is 0 Å². The van der Waals surface area contributed by atoms with Gasteiger partial charge in [0, 0.05) is 69.6 Å². The van der Waals surface area contributed by atoms with Gasteiger partial charge in [-0.1, -0.05) is 121 Å². The van der Waals surface area contributed by atoms with Crippen LogP contribution in [0.15, 0.2) is 224 Å². The van der Waals surface area contributed by atoms with E-state index in [0.717, 1.165) is 11.4 Å². The molecule has 14 rings (SSSR count). The molecule has 0 fully saturated rings. The second-order valence-electron chi connectivity index (χ2n) is 16.9. The first-order chi connectivity index (χ1) is 31.7. The number of hydrogen-bond acceptors (Lipinski definition) is 1. The van der Waals surface area contributed by atoms with Crippen molar-refractivity contribution in [2.45, 2.75) is 0 Å². The van der Waals surface area contributed by atoms with E-state index in [9.17, 15) is 0 Å². The topological polar surface area (TPSA) is 14.8 Å². The zero-order chi connectivity index (χ0) is 41.9. The van der Waals surface area contributed by atoms with Crippen LogP contribution in [0.5, 0.6) is 0 Å². The summed E-state index contributed by atoms with van der Waals surface area (Å²) in [5.41, 5.74) is 15.5. The van der Waals surface area contributed by atoms with E-state index < -0.39 is 0 Å². The first kappa shape index (κ1) is 35.4. The maximum absolute atomic E-state index is 2.44. The lowest BCUT2D eigenvalue weighted by Gasteiger charge is -2.13. The highest BCUT2D eigenvalue weighted by Gasteiger charge is 2.19. The SMILES string of the molecule is c1ccc(-n2c3ccccc3c3cc(-c4ccc5c(c4)c4ccccc4n5-c4cccc(-n5c6ccccc6c6cc(-c7ccc8sc9ccccc9c8c7)ccc65)c4)ccc32)cc1. The van der Waals surface area contributed by atoms with Crippen LogP contribution in [-0.2, 0) is 0 Å². The second-order valence-corrected chi connectivity index (χ2v) is 18.0. The number of aromatic nitrogens is 3. The van der Waals surface area contributed by atoms with Crippen molar-refractivity contribution in [3.05, 3.63) is 224 Å². The Morgan fingerprint density at radius 3 is 1.09 bits per heavy atom. The fraction of sp³-hybridized carbons (Fsp3) is 0. The van der Waals surface area contributed by atoms with Gasteiger partial charge in [-0.2, -0.15) is 0 Å². The molecular weight excluding hydrogens is 795 g/mol. The van der Waals surface area contributed by atoms with Crippen LogP contribution in [0.1, 0.15) is 0 Å². The van der Waals surface area contributed by atoms with Crippen molar-refractivity contribution in [2.75, 3.05) is 0 Å². The van der Waals surface area contributed by atoms with Crippen LogP contribution >= 0.6 is 11.3 Å². The smallest absolute Gasteiger partial charge is 0.0541 e. The molecule has 0 aliphatic heterocycles. The molecule has 0 spiro atoms. The average Bonchev–Trinajstić information content (AvgIpc) is 4.10. The molecule has 0 N–H and O–H groups in total. The van der Waals surface area contributed by atoms with E-state index in [0.29, 0.717) is 0 Å². The standard InChI is InChI=1S/C60H37N3S/c1-2-13-42(14-3-1)61-53-21-8-4-17-45(53)49-33-38(25-29-56(49)61)39-26-30-57-50(34-39)46-18-5-9-22-54(46)62(57)43-15-12-16-44(37-43)63-55-23-10-6-19-47(55)51-35-40(27-31-58(51)63)41-28-32-60-52(36-41)48-20-7-11-24-59(48)64-60/h1-37H. The highest BCUT2D eigenvalue weighted by molar-refractivity contribution is 7.25. The van der Waals surface area contributed by atoms with Gasteiger partial charge in [-0.15, -0.1) is 11.3 Å². The second kappa shape index (κ2) is 13.7. The third kappa shape index (κ3) is 5.21. The van der Waals surface area contributed by atoms with Crippen LogP contribution in [0.4, 0.5) is 0 Å². The number of nitrogens with zero attached hydrogens (tertiary/aromatic N) is 3. The summed E-state index contributed by atoms with van der Waals surface area (Å²) in [5, 5.41) is 10.1. The highest BCUT2D eigenvalue weighted by Crippen LogP contribution is 2.41. The average molecular weight is 832 g/mol. The van der Waals surface area contributed by atoms with Crippen molar-refractivity contribution in [1.82, 2.24) is 13.7 Å². The number of fused-ring (bicyclic) bond motifs is 12. The lowest BCUT2D eigenvalue weighted by Crippen LogP contribution is -1.98. The number of benzene rings is 10. The van der Waals surface area contributed by atoms with Gasteiger partial charge in [-0.3, -0.25) is 0 Å². The number of rotatable bonds is 5. The molecule has 10 aromatic carbocycles. The molecule has 0 unspecified atom stereocenters. The molecule has 4 heterocycles. The van der Waals surface area contributed by atoms with Gasteiger partial charge in [0.25, 0.3) is 0 Å². The van der Waals surface area contributed by atoms with Gasteiger partial charge in [0.15, 0.2) is 0 Å². The molecular formula is C60H37N3S. The zero-order valence-electron chi connectivity index (χ0n) is 34.6. The minimum Gasteiger partial charge on any atom is -0.309 e. The van der Waals surface area contributed by atoms with Crippen LogP contribution in [0, 0.1) is 0 Å². The van der Waals surface area contributed by atoms with Crippen molar-refractivity contribution in [3.63, 3.8) is 0 Å². The maximum atomic E-state index is 2.44. The van der Waals surface area contributed by atoms with Crippen molar-refractivity contribution >= 4 is 96.9 Å².